The summed E-state index contributed by atoms with van der Waals surface area (Å²) in [5.41, 5.74) is 6.68. The van der Waals surface area contributed by atoms with E-state index < -0.39 is 0 Å². The molecule has 1 unspecified atom stereocenters. The molecule has 2 nitrogen and oxygen atoms in total. The Balaban J connectivity index is 2.61. The smallest absolute Gasteiger partial charge is 0.142 e. The number of rotatable bonds is 8. The molecular formula is C15H24ClNO. The third-order valence-corrected chi connectivity index (χ3v) is 3.57. The number of benzene rings is 1. The number of unbranched alkanes of at least 4 members (excludes halogenated alkanes) is 1. The van der Waals surface area contributed by atoms with Crippen LogP contribution in [0.1, 0.15) is 45.1 Å². The molecule has 102 valence electrons. The molecule has 0 saturated carbocycles. The van der Waals surface area contributed by atoms with E-state index in [1.54, 1.807) is 0 Å². The summed E-state index contributed by atoms with van der Waals surface area (Å²) in [6, 6.07) is 5.73. The van der Waals surface area contributed by atoms with E-state index in [0.29, 0.717) is 17.5 Å². The summed E-state index contributed by atoms with van der Waals surface area (Å²) in [4.78, 5) is 0. The zero-order valence-electron chi connectivity index (χ0n) is 11.4. The number of para-hydroxylation sites is 1. The standard InChI is InChI=1S/C15H24ClNO/c1-3-5-7-12(4-2)11-18-15-13(10-17)8-6-9-14(15)16/h6,8-9,12H,3-5,7,10-11,17H2,1-2H3. The van der Waals surface area contributed by atoms with Crippen molar-refractivity contribution in [1.29, 1.82) is 0 Å². The van der Waals surface area contributed by atoms with Crippen molar-refractivity contribution in [2.75, 3.05) is 6.61 Å². The molecule has 2 N–H and O–H groups in total. The highest BCUT2D eigenvalue weighted by atomic mass is 35.5. The van der Waals surface area contributed by atoms with E-state index in [2.05, 4.69) is 13.8 Å². The first-order valence-corrected chi connectivity index (χ1v) is 7.20. The zero-order valence-corrected chi connectivity index (χ0v) is 12.2. The van der Waals surface area contributed by atoms with Gasteiger partial charge in [-0.2, -0.15) is 0 Å². The molecule has 0 saturated heterocycles. The molecular weight excluding hydrogens is 246 g/mol. The Bertz CT molecular complexity index is 354. The van der Waals surface area contributed by atoms with Gasteiger partial charge < -0.3 is 10.5 Å². The molecule has 0 radical (unpaired) electrons. The van der Waals surface area contributed by atoms with Crippen LogP contribution >= 0.6 is 11.6 Å². The normalized spacial score (nSPS) is 12.4. The van der Waals surface area contributed by atoms with E-state index in [4.69, 9.17) is 22.1 Å². The van der Waals surface area contributed by atoms with E-state index >= 15 is 0 Å². The van der Waals surface area contributed by atoms with Crippen LogP contribution in [0.25, 0.3) is 0 Å². The molecule has 1 aromatic carbocycles. The second kappa shape index (κ2) is 8.39. The molecule has 1 rings (SSSR count). The lowest BCUT2D eigenvalue weighted by atomic mass is 10.0. The Morgan fingerprint density at radius 1 is 1.33 bits per heavy atom. The summed E-state index contributed by atoms with van der Waals surface area (Å²) in [5, 5.41) is 0.656. The third kappa shape index (κ3) is 4.51. The molecule has 0 heterocycles. The summed E-state index contributed by atoms with van der Waals surface area (Å²) in [6.07, 6.45) is 4.85. The molecule has 0 fully saturated rings. The van der Waals surface area contributed by atoms with E-state index in [1.807, 2.05) is 18.2 Å². The van der Waals surface area contributed by atoms with Gasteiger partial charge in [0, 0.05) is 12.1 Å². The molecule has 0 amide bonds. The van der Waals surface area contributed by atoms with Gasteiger partial charge in [0.05, 0.1) is 11.6 Å². The summed E-state index contributed by atoms with van der Waals surface area (Å²) < 4.78 is 5.90. The molecule has 0 aliphatic heterocycles. The topological polar surface area (TPSA) is 35.2 Å². The van der Waals surface area contributed by atoms with Crippen molar-refractivity contribution < 1.29 is 4.74 Å². The van der Waals surface area contributed by atoms with E-state index in [9.17, 15) is 0 Å². The Labute approximate surface area is 115 Å². The fraction of sp³-hybridized carbons (Fsp3) is 0.600. The maximum atomic E-state index is 6.16. The van der Waals surface area contributed by atoms with Crippen LogP contribution in [0.15, 0.2) is 18.2 Å². The lowest BCUT2D eigenvalue weighted by molar-refractivity contribution is 0.231. The molecule has 0 bridgehead atoms. The summed E-state index contributed by atoms with van der Waals surface area (Å²) in [5.74, 6) is 1.36. The average molecular weight is 270 g/mol. The van der Waals surface area contributed by atoms with Crippen LogP contribution in [-0.2, 0) is 6.54 Å². The van der Waals surface area contributed by atoms with Crippen LogP contribution < -0.4 is 10.5 Å². The fourth-order valence-corrected chi connectivity index (χ4v) is 2.22. The van der Waals surface area contributed by atoms with Gasteiger partial charge in [-0.1, -0.05) is 56.8 Å². The monoisotopic (exact) mass is 269 g/mol. The van der Waals surface area contributed by atoms with Crippen LogP contribution in [0.3, 0.4) is 0 Å². The van der Waals surface area contributed by atoms with Crippen LogP contribution in [0.2, 0.25) is 5.02 Å². The predicted octanol–water partition coefficient (Wildman–Crippen LogP) is 4.39. The van der Waals surface area contributed by atoms with Crippen LogP contribution in [-0.4, -0.2) is 6.61 Å². The number of hydrogen-bond donors (Lipinski definition) is 1. The molecule has 0 aliphatic rings. The number of ether oxygens (including phenoxy) is 1. The minimum absolute atomic E-state index is 0.460. The molecule has 0 aromatic heterocycles. The van der Waals surface area contributed by atoms with E-state index in [1.165, 1.54) is 19.3 Å². The maximum Gasteiger partial charge on any atom is 0.142 e. The molecule has 0 spiro atoms. The Morgan fingerprint density at radius 3 is 2.72 bits per heavy atom. The minimum atomic E-state index is 0.460. The van der Waals surface area contributed by atoms with Gasteiger partial charge in [0.15, 0.2) is 0 Å². The Kier molecular flexibility index (Phi) is 7.14. The molecule has 18 heavy (non-hydrogen) atoms. The third-order valence-electron chi connectivity index (χ3n) is 3.28. The van der Waals surface area contributed by atoms with Crippen LogP contribution in [0.5, 0.6) is 5.75 Å². The summed E-state index contributed by atoms with van der Waals surface area (Å²) in [6.45, 7) is 5.61. The van der Waals surface area contributed by atoms with Gasteiger partial charge in [0.2, 0.25) is 0 Å². The number of halogens is 1. The largest absolute Gasteiger partial charge is 0.491 e. The SMILES string of the molecule is CCCCC(CC)COc1c(Cl)cccc1CN. The zero-order chi connectivity index (χ0) is 13.4. The quantitative estimate of drug-likeness (QED) is 0.759. The highest BCUT2D eigenvalue weighted by Crippen LogP contribution is 2.29. The van der Waals surface area contributed by atoms with Crippen molar-refractivity contribution in [2.45, 2.75) is 46.1 Å². The van der Waals surface area contributed by atoms with Crippen molar-refractivity contribution in [3.05, 3.63) is 28.8 Å². The summed E-state index contributed by atoms with van der Waals surface area (Å²) in [7, 11) is 0. The second-order valence-corrected chi connectivity index (χ2v) is 5.07. The van der Waals surface area contributed by atoms with Gasteiger partial charge in [-0.3, -0.25) is 0 Å². The molecule has 1 aromatic rings. The summed E-state index contributed by atoms with van der Waals surface area (Å²) >= 11 is 6.16. The van der Waals surface area contributed by atoms with Crippen LogP contribution in [0.4, 0.5) is 0 Å². The number of nitrogens with two attached hydrogens (primary N) is 1. The fourth-order valence-electron chi connectivity index (χ4n) is 1.98. The van der Waals surface area contributed by atoms with Crippen molar-refractivity contribution in [2.24, 2.45) is 11.7 Å². The number of hydrogen-bond acceptors (Lipinski definition) is 2. The van der Waals surface area contributed by atoms with E-state index in [-0.39, 0.29) is 0 Å². The van der Waals surface area contributed by atoms with Crippen molar-refractivity contribution in [3.63, 3.8) is 0 Å². The minimum Gasteiger partial charge on any atom is -0.491 e. The van der Waals surface area contributed by atoms with Crippen molar-refractivity contribution >= 4 is 11.6 Å². The highest BCUT2D eigenvalue weighted by molar-refractivity contribution is 6.32. The predicted molar refractivity (Wildman–Crippen MR) is 78.1 cm³/mol. The second-order valence-electron chi connectivity index (χ2n) is 4.66. The van der Waals surface area contributed by atoms with Crippen molar-refractivity contribution in [3.8, 4) is 5.75 Å². The average Bonchev–Trinajstić information content (AvgIpc) is 2.40. The van der Waals surface area contributed by atoms with Gasteiger partial charge >= 0.3 is 0 Å². The lowest BCUT2D eigenvalue weighted by Gasteiger charge is -2.18. The maximum absolute atomic E-state index is 6.16. The van der Waals surface area contributed by atoms with Gasteiger partial charge in [0.1, 0.15) is 5.75 Å². The van der Waals surface area contributed by atoms with Gasteiger partial charge in [-0.25, -0.2) is 0 Å². The highest BCUT2D eigenvalue weighted by Gasteiger charge is 2.11. The first-order valence-electron chi connectivity index (χ1n) is 6.83. The molecule has 0 aliphatic carbocycles. The molecule has 3 heteroatoms. The van der Waals surface area contributed by atoms with Gasteiger partial charge in [-0.15, -0.1) is 0 Å². The Hall–Kier alpha value is -0.730. The van der Waals surface area contributed by atoms with Crippen LogP contribution in [0, 0.1) is 5.92 Å². The first kappa shape index (κ1) is 15.3. The molecule has 1 atom stereocenters. The van der Waals surface area contributed by atoms with Crippen molar-refractivity contribution in [1.82, 2.24) is 0 Å². The Morgan fingerprint density at radius 2 is 2.11 bits per heavy atom. The lowest BCUT2D eigenvalue weighted by Crippen LogP contribution is -2.13. The first-order chi connectivity index (χ1) is 8.72. The van der Waals surface area contributed by atoms with E-state index in [0.717, 1.165) is 24.3 Å². The van der Waals surface area contributed by atoms with Gasteiger partial charge in [-0.05, 0) is 18.4 Å². The van der Waals surface area contributed by atoms with Gasteiger partial charge in [0.25, 0.3) is 0 Å².